The lowest BCUT2D eigenvalue weighted by molar-refractivity contribution is -0.870. The summed E-state index contributed by atoms with van der Waals surface area (Å²) >= 11 is 0. The summed E-state index contributed by atoms with van der Waals surface area (Å²) in [4.78, 5) is 11.0. The third-order valence-electron chi connectivity index (χ3n) is 2.25. The first-order valence-corrected chi connectivity index (χ1v) is 7.36. The molecular formula is C12H24NO4P+2. The van der Waals surface area contributed by atoms with E-state index in [2.05, 4.69) is 6.58 Å². The molecule has 0 bridgehead atoms. The molecule has 0 saturated carbocycles. The fraction of sp³-hybridized carbons (Fsp3) is 0.750. The summed E-state index contributed by atoms with van der Waals surface area (Å²) in [5, 5.41) is 0. The van der Waals surface area contributed by atoms with Crippen LogP contribution >= 0.6 is 8.03 Å². The summed E-state index contributed by atoms with van der Waals surface area (Å²) in [7, 11) is 4.33. The Kier molecular flexibility index (Phi) is 8.00. The van der Waals surface area contributed by atoms with Gasteiger partial charge in [0.1, 0.15) is 12.6 Å². The monoisotopic (exact) mass is 277 g/mol. The number of rotatable bonds is 9. The normalized spacial score (nSPS) is 13.9. The average molecular weight is 277 g/mol. The highest BCUT2D eigenvalue weighted by atomic mass is 31.1. The van der Waals surface area contributed by atoms with Crippen LogP contribution in [0.25, 0.3) is 0 Å². The topological polar surface area (TPSA) is 52.6 Å². The number of nitrogens with zero attached hydrogens (tertiary/aromatic N) is 1. The lowest BCUT2D eigenvalue weighted by atomic mass is 10.3. The first-order valence-electron chi connectivity index (χ1n) is 5.99. The van der Waals surface area contributed by atoms with Crippen LogP contribution < -0.4 is 0 Å². The van der Waals surface area contributed by atoms with Crippen molar-refractivity contribution in [1.29, 1.82) is 0 Å². The van der Waals surface area contributed by atoms with Crippen LogP contribution in [0.5, 0.6) is 0 Å². The highest BCUT2D eigenvalue weighted by Gasteiger charge is 2.27. The van der Waals surface area contributed by atoms with Crippen molar-refractivity contribution in [3.05, 3.63) is 12.7 Å². The van der Waals surface area contributed by atoms with E-state index in [0.29, 0.717) is 13.0 Å². The lowest BCUT2D eigenvalue weighted by Gasteiger charge is -2.22. The molecule has 0 fully saturated rings. The van der Waals surface area contributed by atoms with Crippen molar-refractivity contribution in [1.82, 2.24) is 0 Å². The average Bonchev–Trinajstić information content (AvgIpc) is 2.26. The number of quaternary nitrogens is 1. The molecule has 2 unspecified atom stereocenters. The zero-order valence-corrected chi connectivity index (χ0v) is 12.6. The van der Waals surface area contributed by atoms with Gasteiger partial charge in [-0.1, -0.05) is 13.5 Å². The zero-order valence-electron chi connectivity index (χ0n) is 11.7. The van der Waals surface area contributed by atoms with Gasteiger partial charge in [-0.25, -0.2) is 4.79 Å². The smallest absolute Gasteiger partial charge is 0.455 e. The van der Waals surface area contributed by atoms with E-state index < -0.39 is 14.0 Å². The number of esters is 1. The van der Waals surface area contributed by atoms with E-state index in [1.54, 1.807) is 0 Å². The van der Waals surface area contributed by atoms with E-state index in [9.17, 15) is 9.36 Å². The lowest BCUT2D eigenvalue weighted by Crippen LogP contribution is -2.37. The van der Waals surface area contributed by atoms with Crippen molar-refractivity contribution < 1.29 is 23.1 Å². The van der Waals surface area contributed by atoms with E-state index in [-0.39, 0.29) is 12.3 Å². The molecule has 0 heterocycles. The molecule has 0 amide bonds. The summed E-state index contributed by atoms with van der Waals surface area (Å²) in [5.41, 5.74) is 0. The zero-order chi connectivity index (χ0) is 14.2. The molecule has 0 aromatic heterocycles. The van der Waals surface area contributed by atoms with Crippen molar-refractivity contribution in [3.8, 4) is 0 Å². The molecule has 0 aromatic rings. The minimum atomic E-state index is -1.79. The van der Waals surface area contributed by atoms with Gasteiger partial charge < -0.3 is 9.22 Å². The Hall–Kier alpha value is -0.770. The highest BCUT2D eigenvalue weighted by molar-refractivity contribution is 7.39. The van der Waals surface area contributed by atoms with E-state index in [4.69, 9.17) is 9.26 Å². The standard InChI is InChI=1S/C12H24NO4P/c1-6-11(17-12(14)7-2)10-18(15)16-9-8-13(3,4)5/h7,11H,2,6,8-10H2,1,3-5H3/q+2. The van der Waals surface area contributed by atoms with Crippen molar-refractivity contribution >= 4 is 14.0 Å². The predicted octanol–water partition coefficient (Wildman–Crippen LogP) is 1.96. The van der Waals surface area contributed by atoms with Gasteiger partial charge >= 0.3 is 14.0 Å². The maximum absolute atomic E-state index is 11.7. The van der Waals surface area contributed by atoms with Gasteiger partial charge in [0, 0.05) is 6.08 Å². The SMILES string of the molecule is C=CC(=O)OC(CC)C[P+](=O)OCC[N+](C)(C)C. The van der Waals surface area contributed by atoms with E-state index >= 15 is 0 Å². The molecule has 0 aliphatic carbocycles. The van der Waals surface area contributed by atoms with Crippen molar-refractivity contribution in [2.24, 2.45) is 0 Å². The Labute approximate surface area is 110 Å². The molecule has 0 aliphatic rings. The molecule has 0 saturated heterocycles. The van der Waals surface area contributed by atoms with Gasteiger partial charge in [0.15, 0.2) is 6.61 Å². The Morgan fingerprint density at radius 3 is 2.50 bits per heavy atom. The third-order valence-corrected chi connectivity index (χ3v) is 3.43. The molecular weight excluding hydrogens is 253 g/mol. The summed E-state index contributed by atoms with van der Waals surface area (Å²) < 4.78 is 22.7. The van der Waals surface area contributed by atoms with Gasteiger partial charge in [-0.2, -0.15) is 0 Å². The van der Waals surface area contributed by atoms with Crippen LogP contribution in [-0.2, 0) is 18.6 Å². The number of hydrogen-bond donors (Lipinski definition) is 0. The summed E-state index contributed by atoms with van der Waals surface area (Å²) in [6, 6.07) is 0. The minimum Gasteiger partial charge on any atom is -0.455 e. The van der Waals surface area contributed by atoms with Gasteiger partial charge in [-0.05, 0) is 11.0 Å². The predicted molar refractivity (Wildman–Crippen MR) is 71.7 cm³/mol. The van der Waals surface area contributed by atoms with Crippen LogP contribution in [0.2, 0.25) is 0 Å². The van der Waals surface area contributed by atoms with Gasteiger partial charge in [0.2, 0.25) is 6.16 Å². The van der Waals surface area contributed by atoms with Gasteiger partial charge in [0.25, 0.3) is 0 Å². The quantitative estimate of drug-likeness (QED) is 0.280. The molecule has 5 nitrogen and oxygen atoms in total. The first kappa shape index (κ1) is 17.2. The second-order valence-electron chi connectivity index (χ2n) is 5.03. The van der Waals surface area contributed by atoms with Crippen LogP contribution in [0.3, 0.4) is 0 Å². The largest absolute Gasteiger partial charge is 0.512 e. The van der Waals surface area contributed by atoms with Gasteiger partial charge in [-0.15, -0.1) is 4.52 Å². The van der Waals surface area contributed by atoms with Crippen molar-refractivity contribution in [2.45, 2.75) is 19.4 Å². The third kappa shape index (κ3) is 9.28. The Bertz CT molecular complexity index is 299. The Morgan fingerprint density at radius 1 is 1.44 bits per heavy atom. The molecule has 2 atom stereocenters. The summed E-state index contributed by atoms with van der Waals surface area (Å²) in [6.45, 7) is 6.41. The van der Waals surface area contributed by atoms with Crippen LogP contribution in [-0.4, -0.2) is 57.0 Å². The minimum absolute atomic E-state index is 0.239. The first-order chi connectivity index (χ1) is 8.28. The molecule has 6 heteroatoms. The van der Waals surface area contributed by atoms with Crippen LogP contribution in [0.1, 0.15) is 13.3 Å². The second kappa shape index (κ2) is 8.35. The van der Waals surface area contributed by atoms with Crippen LogP contribution in [0, 0.1) is 0 Å². The number of carbonyl (C=O) groups is 1. The number of carbonyl (C=O) groups excluding carboxylic acids is 1. The van der Waals surface area contributed by atoms with Crippen molar-refractivity contribution in [3.63, 3.8) is 0 Å². The van der Waals surface area contributed by atoms with E-state index in [1.165, 1.54) is 0 Å². The highest BCUT2D eigenvalue weighted by Crippen LogP contribution is 2.25. The summed E-state index contributed by atoms with van der Waals surface area (Å²) in [6.07, 6.45) is 1.58. The van der Waals surface area contributed by atoms with Gasteiger partial charge in [0.05, 0.1) is 21.1 Å². The Balaban J connectivity index is 3.97. The molecule has 0 rings (SSSR count). The van der Waals surface area contributed by atoms with E-state index in [1.807, 2.05) is 28.1 Å². The number of hydrogen-bond acceptors (Lipinski definition) is 4. The van der Waals surface area contributed by atoms with Gasteiger partial charge in [-0.3, -0.25) is 0 Å². The molecule has 0 radical (unpaired) electrons. The molecule has 0 aromatic carbocycles. The summed E-state index contributed by atoms with van der Waals surface area (Å²) in [5.74, 6) is -0.489. The molecule has 0 aliphatic heterocycles. The fourth-order valence-corrected chi connectivity index (χ4v) is 2.15. The van der Waals surface area contributed by atoms with Crippen LogP contribution in [0.4, 0.5) is 0 Å². The maximum atomic E-state index is 11.7. The molecule has 104 valence electrons. The molecule has 18 heavy (non-hydrogen) atoms. The maximum Gasteiger partial charge on any atom is 0.512 e. The second-order valence-corrected chi connectivity index (χ2v) is 6.32. The number of likely N-dealkylation sites (N-methyl/N-ethyl adjacent to an activating group) is 1. The molecule has 0 N–H and O–H groups in total. The van der Waals surface area contributed by atoms with E-state index in [0.717, 1.165) is 17.1 Å². The van der Waals surface area contributed by atoms with Crippen molar-refractivity contribution in [2.75, 3.05) is 40.5 Å². The molecule has 0 spiro atoms. The number of ether oxygens (including phenoxy) is 1. The fourth-order valence-electron chi connectivity index (χ4n) is 1.10. The Morgan fingerprint density at radius 2 is 2.06 bits per heavy atom. The van der Waals surface area contributed by atoms with Crippen LogP contribution in [0.15, 0.2) is 12.7 Å².